The minimum absolute atomic E-state index is 0.692. The first-order valence-corrected chi connectivity index (χ1v) is 7.51. The van der Waals surface area contributed by atoms with Crippen LogP contribution in [0.15, 0.2) is 34.8 Å². The molecule has 0 bridgehead atoms. The summed E-state index contributed by atoms with van der Waals surface area (Å²) in [6.07, 6.45) is 0. The normalized spacial score (nSPS) is 11.0. The molecule has 0 aliphatic rings. The van der Waals surface area contributed by atoms with E-state index in [9.17, 15) is 0 Å². The molecule has 0 saturated heterocycles. The fourth-order valence-electron chi connectivity index (χ4n) is 2.43. The standard InChI is InChI=1S/C16H16BrN3O/c1-10-8-14(17)15-11(2)19-20(16(15)18-10)9-12-4-6-13(21-3)7-5-12/h4-8H,9H2,1-3H3. The van der Waals surface area contributed by atoms with E-state index in [1.54, 1.807) is 7.11 Å². The van der Waals surface area contributed by atoms with Crippen LogP contribution in [-0.4, -0.2) is 21.9 Å². The van der Waals surface area contributed by atoms with Gasteiger partial charge in [-0.3, -0.25) is 0 Å². The van der Waals surface area contributed by atoms with Crippen molar-refractivity contribution in [3.8, 4) is 5.75 Å². The molecule has 0 N–H and O–H groups in total. The van der Waals surface area contributed by atoms with E-state index in [1.165, 1.54) is 5.56 Å². The number of pyridine rings is 1. The van der Waals surface area contributed by atoms with Crippen LogP contribution in [0.2, 0.25) is 0 Å². The highest BCUT2D eigenvalue weighted by Gasteiger charge is 2.13. The van der Waals surface area contributed by atoms with Crippen molar-refractivity contribution in [2.75, 3.05) is 7.11 Å². The van der Waals surface area contributed by atoms with Gasteiger partial charge in [-0.2, -0.15) is 5.10 Å². The summed E-state index contributed by atoms with van der Waals surface area (Å²) in [5, 5.41) is 5.70. The lowest BCUT2D eigenvalue weighted by molar-refractivity contribution is 0.414. The lowest BCUT2D eigenvalue weighted by Gasteiger charge is -2.05. The number of aromatic nitrogens is 3. The Morgan fingerprint density at radius 1 is 1.19 bits per heavy atom. The molecule has 0 spiro atoms. The molecule has 0 fully saturated rings. The van der Waals surface area contributed by atoms with Crippen LogP contribution >= 0.6 is 15.9 Å². The number of methoxy groups -OCH3 is 1. The number of rotatable bonds is 3. The van der Waals surface area contributed by atoms with Gasteiger partial charge >= 0.3 is 0 Å². The van der Waals surface area contributed by atoms with E-state index in [1.807, 2.05) is 48.9 Å². The number of hydrogen-bond donors (Lipinski definition) is 0. The molecule has 0 amide bonds. The molecule has 5 heteroatoms. The summed E-state index contributed by atoms with van der Waals surface area (Å²) in [7, 11) is 1.67. The summed E-state index contributed by atoms with van der Waals surface area (Å²) in [6, 6.07) is 10.0. The van der Waals surface area contributed by atoms with Crippen molar-refractivity contribution in [2.24, 2.45) is 0 Å². The zero-order valence-electron chi connectivity index (χ0n) is 12.2. The van der Waals surface area contributed by atoms with Gasteiger partial charge in [0, 0.05) is 10.2 Å². The fourth-order valence-corrected chi connectivity index (χ4v) is 3.23. The Morgan fingerprint density at radius 2 is 1.90 bits per heavy atom. The first-order chi connectivity index (χ1) is 10.1. The monoisotopic (exact) mass is 345 g/mol. The van der Waals surface area contributed by atoms with Crippen molar-refractivity contribution in [1.82, 2.24) is 14.8 Å². The second-order valence-electron chi connectivity index (χ2n) is 5.04. The molecule has 0 unspecified atom stereocenters. The lowest BCUT2D eigenvalue weighted by atomic mass is 10.2. The molecular weight excluding hydrogens is 330 g/mol. The Kier molecular flexibility index (Phi) is 3.68. The maximum Gasteiger partial charge on any atom is 0.159 e. The molecule has 3 rings (SSSR count). The van der Waals surface area contributed by atoms with Gasteiger partial charge in [0.1, 0.15) is 5.75 Å². The second-order valence-corrected chi connectivity index (χ2v) is 5.89. The van der Waals surface area contributed by atoms with E-state index in [0.29, 0.717) is 6.54 Å². The van der Waals surface area contributed by atoms with E-state index in [2.05, 4.69) is 26.0 Å². The Balaban J connectivity index is 2.04. The smallest absolute Gasteiger partial charge is 0.159 e. The van der Waals surface area contributed by atoms with Crippen LogP contribution in [0.1, 0.15) is 17.0 Å². The number of aryl methyl sites for hydroxylation is 2. The summed E-state index contributed by atoms with van der Waals surface area (Å²) in [6.45, 7) is 4.69. The number of nitrogens with zero attached hydrogens (tertiary/aromatic N) is 3. The van der Waals surface area contributed by atoms with E-state index < -0.39 is 0 Å². The van der Waals surface area contributed by atoms with E-state index >= 15 is 0 Å². The Bertz CT molecular complexity index is 793. The fraction of sp³-hybridized carbons (Fsp3) is 0.250. The van der Waals surface area contributed by atoms with Gasteiger partial charge in [0.15, 0.2) is 5.65 Å². The minimum atomic E-state index is 0.692. The summed E-state index contributed by atoms with van der Waals surface area (Å²) in [5.41, 5.74) is 4.04. The molecule has 0 radical (unpaired) electrons. The third-order valence-corrected chi connectivity index (χ3v) is 4.07. The van der Waals surface area contributed by atoms with Gasteiger partial charge in [0.05, 0.1) is 24.7 Å². The maximum atomic E-state index is 5.18. The SMILES string of the molecule is COc1ccc(Cn2nc(C)c3c(Br)cc(C)nc32)cc1. The Morgan fingerprint density at radius 3 is 2.57 bits per heavy atom. The van der Waals surface area contributed by atoms with Crippen LogP contribution in [0, 0.1) is 13.8 Å². The van der Waals surface area contributed by atoms with Crippen molar-refractivity contribution in [3.05, 3.63) is 51.8 Å². The molecule has 21 heavy (non-hydrogen) atoms. The minimum Gasteiger partial charge on any atom is -0.497 e. The number of hydrogen-bond acceptors (Lipinski definition) is 3. The van der Waals surface area contributed by atoms with Crippen LogP contribution in [0.3, 0.4) is 0 Å². The van der Waals surface area contributed by atoms with E-state index in [-0.39, 0.29) is 0 Å². The van der Waals surface area contributed by atoms with Crippen molar-refractivity contribution < 1.29 is 4.74 Å². The van der Waals surface area contributed by atoms with Crippen molar-refractivity contribution in [2.45, 2.75) is 20.4 Å². The first kappa shape index (κ1) is 14.1. The highest BCUT2D eigenvalue weighted by Crippen LogP contribution is 2.27. The topological polar surface area (TPSA) is 39.9 Å². The molecule has 3 aromatic rings. The highest BCUT2D eigenvalue weighted by molar-refractivity contribution is 9.10. The predicted octanol–water partition coefficient (Wildman–Crippen LogP) is 3.87. The summed E-state index contributed by atoms with van der Waals surface area (Å²) in [4.78, 5) is 4.63. The Labute approximate surface area is 131 Å². The molecule has 2 heterocycles. The summed E-state index contributed by atoms with van der Waals surface area (Å²) >= 11 is 3.61. The molecule has 0 aliphatic heterocycles. The largest absolute Gasteiger partial charge is 0.497 e. The van der Waals surface area contributed by atoms with Crippen molar-refractivity contribution in [3.63, 3.8) is 0 Å². The van der Waals surface area contributed by atoms with Crippen molar-refractivity contribution >= 4 is 27.0 Å². The van der Waals surface area contributed by atoms with Gasteiger partial charge < -0.3 is 4.74 Å². The third-order valence-electron chi connectivity index (χ3n) is 3.45. The molecule has 108 valence electrons. The molecule has 0 aliphatic carbocycles. The number of ether oxygens (including phenoxy) is 1. The van der Waals surface area contributed by atoms with Gasteiger partial charge in [-0.1, -0.05) is 12.1 Å². The lowest BCUT2D eigenvalue weighted by Crippen LogP contribution is -2.03. The van der Waals surface area contributed by atoms with Gasteiger partial charge in [-0.15, -0.1) is 0 Å². The predicted molar refractivity (Wildman–Crippen MR) is 86.8 cm³/mol. The molecule has 0 atom stereocenters. The molecule has 4 nitrogen and oxygen atoms in total. The highest BCUT2D eigenvalue weighted by atomic mass is 79.9. The van der Waals surface area contributed by atoms with Crippen molar-refractivity contribution in [1.29, 1.82) is 0 Å². The van der Waals surface area contributed by atoms with Gasteiger partial charge in [-0.05, 0) is 53.5 Å². The summed E-state index contributed by atoms with van der Waals surface area (Å²) < 4.78 is 8.18. The van der Waals surface area contributed by atoms with E-state index in [0.717, 1.165) is 32.6 Å². The van der Waals surface area contributed by atoms with Gasteiger partial charge in [-0.25, -0.2) is 9.67 Å². The third kappa shape index (κ3) is 2.65. The van der Waals surface area contributed by atoms with Gasteiger partial charge in [0.25, 0.3) is 0 Å². The number of benzene rings is 1. The van der Waals surface area contributed by atoms with Crippen LogP contribution in [-0.2, 0) is 6.54 Å². The molecule has 0 saturated carbocycles. The molecule has 2 aromatic heterocycles. The summed E-state index contributed by atoms with van der Waals surface area (Å²) in [5.74, 6) is 0.858. The molecule has 1 aromatic carbocycles. The van der Waals surface area contributed by atoms with E-state index in [4.69, 9.17) is 4.74 Å². The number of fused-ring (bicyclic) bond motifs is 1. The number of halogens is 1. The zero-order valence-corrected chi connectivity index (χ0v) is 13.8. The quantitative estimate of drug-likeness (QED) is 0.723. The van der Waals surface area contributed by atoms with Crippen LogP contribution in [0.4, 0.5) is 0 Å². The average Bonchev–Trinajstić information content (AvgIpc) is 2.76. The first-order valence-electron chi connectivity index (χ1n) is 6.71. The van der Waals surface area contributed by atoms with Crippen LogP contribution in [0.5, 0.6) is 5.75 Å². The molecular formula is C16H16BrN3O. The van der Waals surface area contributed by atoms with Crippen LogP contribution < -0.4 is 4.74 Å². The maximum absolute atomic E-state index is 5.18. The Hall–Kier alpha value is -1.88. The second kappa shape index (κ2) is 5.48. The average molecular weight is 346 g/mol. The van der Waals surface area contributed by atoms with Gasteiger partial charge in [0.2, 0.25) is 0 Å². The zero-order chi connectivity index (χ0) is 15.0. The van der Waals surface area contributed by atoms with Crippen LogP contribution in [0.25, 0.3) is 11.0 Å².